The summed E-state index contributed by atoms with van der Waals surface area (Å²) in [5.41, 5.74) is 0.282. The molecule has 0 rings (SSSR count). The number of hydrogen-bond acceptors (Lipinski definition) is 4. The molecule has 0 fully saturated rings. The maximum absolute atomic E-state index is 10.5. The van der Waals surface area contributed by atoms with Gasteiger partial charge in [-0.3, -0.25) is 0 Å². The van der Waals surface area contributed by atoms with Crippen LogP contribution in [-0.4, -0.2) is 41.2 Å². The van der Waals surface area contributed by atoms with Crippen molar-refractivity contribution in [2.45, 2.75) is 38.1 Å². The Labute approximate surface area is 110 Å². The lowest BCUT2D eigenvalue weighted by atomic mass is 10.1. The Bertz CT molecular complexity index is 255. The van der Waals surface area contributed by atoms with Gasteiger partial charge in [0.15, 0.2) is 0 Å². The summed E-state index contributed by atoms with van der Waals surface area (Å²) < 4.78 is 15.9. The van der Waals surface area contributed by atoms with Crippen molar-refractivity contribution in [2.24, 2.45) is 0 Å². The predicted molar refractivity (Wildman–Crippen MR) is 71.4 cm³/mol. The van der Waals surface area contributed by atoms with Crippen LogP contribution in [0.15, 0.2) is 12.2 Å². The Morgan fingerprint density at radius 3 is 2.00 bits per heavy atom. The lowest BCUT2D eigenvalue weighted by molar-refractivity contribution is -0.132. The Balaban J connectivity index is 3.67. The third-order valence-electron chi connectivity index (χ3n) is 2.95. The van der Waals surface area contributed by atoms with Crippen LogP contribution in [0.25, 0.3) is 0 Å². The number of unbranched alkanes of at least 4 members (excludes halogenated alkanes) is 3. The molecule has 1 N–H and O–H groups in total. The molecule has 0 unspecified atom stereocenters. The van der Waals surface area contributed by atoms with Crippen LogP contribution in [0.3, 0.4) is 0 Å². The fraction of sp³-hybridized carbons (Fsp3) is 0.750. The number of carbonyl (C=O) groups is 1. The molecule has 0 aliphatic heterocycles. The monoisotopic (exact) mass is 276 g/mol. The van der Waals surface area contributed by atoms with Crippen LogP contribution in [-0.2, 0) is 18.1 Å². The second kappa shape index (κ2) is 9.27. The molecular weight excluding hydrogens is 252 g/mol. The highest BCUT2D eigenvalue weighted by atomic mass is 28.4. The Morgan fingerprint density at radius 1 is 1.06 bits per heavy atom. The second-order valence-corrected chi connectivity index (χ2v) is 7.21. The summed E-state index contributed by atoms with van der Waals surface area (Å²) in [6.07, 6.45) is 4.36. The lowest BCUT2D eigenvalue weighted by Gasteiger charge is -2.24. The van der Waals surface area contributed by atoms with E-state index in [1.165, 1.54) is 0 Å². The van der Waals surface area contributed by atoms with Crippen LogP contribution in [0.1, 0.15) is 32.1 Å². The molecule has 0 bridgehead atoms. The minimum Gasteiger partial charge on any atom is -0.478 e. The summed E-state index contributed by atoms with van der Waals surface area (Å²) in [7, 11) is 2.39. The molecule has 106 valence electrons. The zero-order valence-corrected chi connectivity index (χ0v) is 12.5. The first kappa shape index (κ1) is 17.3. The van der Waals surface area contributed by atoms with Gasteiger partial charge in [0.05, 0.1) is 0 Å². The van der Waals surface area contributed by atoms with E-state index in [1.54, 1.807) is 21.3 Å². The molecule has 0 saturated heterocycles. The van der Waals surface area contributed by atoms with E-state index in [0.717, 1.165) is 31.7 Å². The molecule has 5 nitrogen and oxygen atoms in total. The first-order valence-corrected chi connectivity index (χ1v) is 8.01. The molecule has 0 saturated carbocycles. The van der Waals surface area contributed by atoms with Gasteiger partial charge in [-0.25, -0.2) is 4.79 Å². The molecule has 6 heteroatoms. The molecule has 0 amide bonds. The van der Waals surface area contributed by atoms with Gasteiger partial charge in [-0.15, -0.1) is 0 Å². The van der Waals surface area contributed by atoms with Gasteiger partial charge < -0.3 is 18.4 Å². The lowest BCUT2D eigenvalue weighted by Crippen LogP contribution is -2.42. The first-order chi connectivity index (χ1) is 8.51. The largest absolute Gasteiger partial charge is 0.500 e. The molecule has 0 aromatic rings. The van der Waals surface area contributed by atoms with E-state index in [2.05, 4.69) is 6.58 Å². The van der Waals surface area contributed by atoms with Gasteiger partial charge in [0.25, 0.3) is 0 Å². The summed E-state index contributed by atoms with van der Waals surface area (Å²) in [6, 6.07) is 0.788. The molecule has 0 atom stereocenters. The summed E-state index contributed by atoms with van der Waals surface area (Å²) in [6.45, 7) is 3.50. The van der Waals surface area contributed by atoms with Gasteiger partial charge in [0, 0.05) is 32.9 Å². The molecule has 0 heterocycles. The highest BCUT2D eigenvalue weighted by Gasteiger charge is 2.36. The average molecular weight is 276 g/mol. The van der Waals surface area contributed by atoms with Crippen molar-refractivity contribution in [2.75, 3.05) is 21.3 Å². The summed E-state index contributed by atoms with van der Waals surface area (Å²) >= 11 is 0. The van der Waals surface area contributed by atoms with E-state index < -0.39 is 14.8 Å². The van der Waals surface area contributed by atoms with E-state index in [0.29, 0.717) is 6.42 Å². The van der Waals surface area contributed by atoms with E-state index in [1.807, 2.05) is 0 Å². The number of rotatable bonds is 11. The van der Waals surface area contributed by atoms with Crippen molar-refractivity contribution < 1.29 is 23.2 Å². The molecule has 0 spiro atoms. The fourth-order valence-corrected chi connectivity index (χ4v) is 3.49. The zero-order chi connectivity index (χ0) is 14.0. The van der Waals surface area contributed by atoms with Crippen molar-refractivity contribution in [3.05, 3.63) is 12.2 Å². The molecule has 0 radical (unpaired) electrons. The zero-order valence-electron chi connectivity index (χ0n) is 11.5. The molecule has 18 heavy (non-hydrogen) atoms. The summed E-state index contributed by atoms with van der Waals surface area (Å²) in [5.74, 6) is -0.903. The van der Waals surface area contributed by atoms with Gasteiger partial charge in [0.2, 0.25) is 0 Å². The topological polar surface area (TPSA) is 65.0 Å². The SMILES string of the molecule is C=C(CCCCCC[Si](OC)(OC)OC)C(=O)O. The average Bonchev–Trinajstić information content (AvgIpc) is 2.38. The smallest absolute Gasteiger partial charge is 0.478 e. The third kappa shape index (κ3) is 6.30. The molecule has 0 aromatic carbocycles. The Kier molecular flexibility index (Phi) is 8.91. The van der Waals surface area contributed by atoms with Crippen LogP contribution < -0.4 is 0 Å². The van der Waals surface area contributed by atoms with Crippen LogP contribution in [0.5, 0.6) is 0 Å². The highest BCUT2D eigenvalue weighted by molar-refractivity contribution is 6.60. The van der Waals surface area contributed by atoms with Crippen LogP contribution in [0.2, 0.25) is 6.04 Å². The molecule has 0 aliphatic carbocycles. The highest BCUT2D eigenvalue weighted by Crippen LogP contribution is 2.18. The third-order valence-corrected chi connectivity index (χ3v) is 5.78. The van der Waals surface area contributed by atoms with Gasteiger partial charge in [-0.05, 0) is 19.3 Å². The second-order valence-electron chi connectivity index (χ2n) is 4.12. The van der Waals surface area contributed by atoms with Crippen LogP contribution in [0.4, 0.5) is 0 Å². The van der Waals surface area contributed by atoms with E-state index in [-0.39, 0.29) is 5.57 Å². The Hall–Kier alpha value is -0.693. The van der Waals surface area contributed by atoms with Gasteiger partial charge in [-0.1, -0.05) is 19.4 Å². The quantitative estimate of drug-likeness (QED) is 0.357. The van der Waals surface area contributed by atoms with Gasteiger partial charge in [0.1, 0.15) is 0 Å². The van der Waals surface area contributed by atoms with Crippen molar-refractivity contribution >= 4 is 14.8 Å². The van der Waals surface area contributed by atoms with E-state index in [4.69, 9.17) is 18.4 Å². The molecule has 0 aromatic heterocycles. The minimum atomic E-state index is -2.43. The van der Waals surface area contributed by atoms with E-state index >= 15 is 0 Å². The van der Waals surface area contributed by atoms with Crippen LogP contribution in [0, 0.1) is 0 Å². The first-order valence-electron chi connectivity index (χ1n) is 6.08. The van der Waals surface area contributed by atoms with E-state index in [9.17, 15) is 4.79 Å². The summed E-state index contributed by atoms with van der Waals surface area (Å²) in [4.78, 5) is 10.5. The standard InChI is InChI=1S/C12H24O5Si/c1-11(12(13)14)9-7-5-6-8-10-18(15-2,16-3)17-4/h1,5-10H2,2-4H3,(H,13,14). The van der Waals surface area contributed by atoms with Crippen molar-refractivity contribution in [1.29, 1.82) is 0 Å². The number of carboxylic acids is 1. The van der Waals surface area contributed by atoms with Crippen molar-refractivity contribution in [1.82, 2.24) is 0 Å². The maximum Gasteiger partial charge on any atom is 0.500 e. The maximum atomic E-state index is 10.5. The van der Waals surface area contributed by atoms with Crippen LogP contribution >= 0.6 is 0 Å². The number of hydrogen-bond donors (Lipinski definition) is 1. The van der Waals surface area contributed by atoms with Crippen molar-refractivity contribution in [3.8, 4) is 0 Å². The predicted octanol–water partition coefficient (Wildman–Crippen LogP) is 2.46. The van der Waals surface area contributed by atoms with Gasteiger partial charge >= 0.3 is 14.8 Å². The summed E-state index contributed by atoms with van der Waals surface area (Å²) in [5, 5.41) is 8.64. The fourth-order valence-electron chi connectivity index (χ4n) is 1.70. The molecule has 0 aliphatic rings. The normalized spacial score (nSPS) is 11.5. The van der Waals surface area contributed by atoms with Crippen molar-refractivity contribution in [3.63, 3.8) is 0 Å². The number of aliphatic carboxylic acids is 1. The number of carboxylic acid groups (broad SMARTS) is 1. The Morgan fingerprint density at radius 2 is 1.56 bits per heavy atom. The van der Waals surface area contributed by atoms with Gasteiger partial charge in [-0.2, -0.15) is 0 Å². The minimum absolute atomic E-state index is 0.282. The molecular formula is C12H24O5Si.